The van der Waals surface area contributed by atoms with Gasteiger partial charge in [-0.3, -0.25) is 4.79 Å². The third-order valence-corrected chi connectivity index (χ3v) is 5.29. The average Bonchev–Trinajstić information content (AvgIpc) is 2.72. The Morgan fingerprint density at radius 3 is 2.43 bits per heavy atom. The van der Waals surface area contributed by atoms with Crippen molar-refractivity contribution in [2.45, 2.75) is 11.3 Å². The van der Waals surface area contributed by atoms with Gasteiger partial charge in [0.25, 0.3) is 5.91 Å². The molecule has 0 atom stereocenters. The van der Waals surface area contributed by atoms with Gasteiger partial charge in [0.1, 0.15) is 5.75 Å². The fourth-order valence-corrected chi connectivity index (χ4v) is 3.09. The first-order valence-corrected chi connectivity index (χ1v) is 9.94. The summed E-state index contributed by atoms with van der Waals surface area (Å²) in [7, 11) is -0.809. The lowest BCUT2D eigenvalue weighted by Gasteiger charge is -2.08. The third-order valence-electron chi connectivity index (χ3n) is 3.88. The van der Waals surface area contributed by atoms with Crippen LogP contribution < -0.4 is 14.8 Å². The van der Waals surface area contributed by atoms with E-state index in [2.05, 4.69) is 10.0 Å². The van der Waals surface area contributed by atoms with Gasteiger partial charge in [-0.1, -0.05) is 18.2 Å². The van der Waals surface area contributed by atoms with Gasteiger partial charge in [0.15, 0.2) is 6.61 Å². The number of hydrogen-bond donors (Lipinski definition) is 2. The van der Waals surface area contributed by atoms with E-state index in [0.29, 0.717) is 13.0 Å². The quantitative estimate of drug-likeness (QED) is 0.604. The Labute approximate surface area is 163 Å². The molecule has 2 aromatic rings. The van der Waals surface area contributed by atoms with Gasteiger partial charge >= 0.3 is 5.97 Å². The number of methoxy groups -OCH3 is 1. The van der Waals surface area contributed by atoms with Crippen molar-refractivity contribution in [3.8, 4) is 5.75 Å². The second kappa shape index (κ2) is 9.86. The number of benzene rings is 2. The maximum absolute atomic E-state index is 12.0. The molecule has 0 aliphatic heterocycles. The van der Waals surface area contributed by atoms with Gasteiger partial charge in [-0.15, -0.1) is 0 Å². The van der Waals surface area contributed by atoms with Gasteiger partial charge in [0.2, 0.25) is 10.0 Å². The normalized spacial score (nSPS) is 10.9. The number of hydrogen-bond acceptors (Lipinski definition) is 6. The van der Waals surface area contributed by atoms with Crippen molar-refractivity contribution < 1.29 is 27.5 Å². The lowest BCUT2D eigenvalue weighted by Crippen LogP contribution is -2.30. The molecule has 2 N–H and O–H groups in total. The maximum atomic E-state index is 12.0. The first-order valence-electron chi connectivity index (χ1n) is 8.46. The molecule has 9 heteroatoms. The van der Waals surface area contributed by atoms with Gasteiger partial charge < -0.3 is 14.8 Å². The monoisotopic (exact) mass is 406 g/mol. The Morgan fingerprint density at radius 1 is 1.07 bits per heavy atom. The van der Waals surface area contributed by atoms with Crippen LogP contribution in [0.4, 0.5) is 0 Å². The standard InChI is InChI=1S/C19H22N2O6S/c1-20-28(24,25)17-5-3-4-15(12-17)19(23)27-13-18(22)21-11-10-14-6-8-16(26-2)9-7-14/h3-9,12,20H,10-11,13H2,1-2H3,(H,21,22). The zero-order chi connectivity index (χ0) is 20.6. The van der Waals surface area contributed by atoms with Gasteiger partial charge in [0, 0.05) is 6.54 Å². The zero-order valence-electron chi connectivity index (χ0n) is 15.6. The van der Waals surface area contributed by atoms with Crippen molar-refractivity contribution in [3.05, 3.63) is 59.7 Å². The summed E-state index contributed by atoms with van der Waals surface area (Å²) in [6.45, 7) is -0.0664. The van der Waals surface area contributed by atoms with Crippen molar-refractivity contribution in [2.24, 2.45) is 0 Å². The van der Waals surface area contributed by atoms with Crippen LogP contribution in [0.2, 0.25) is 0 Å². The fourth-order valence-electron chi connectivity index (χ4n) is 2.31. The summed E-state index contributed by atoms with van der Waals surface area (Å²) in [4.78, 5) is 23.8. The fraction of sp³-hybridized carbons (Fsp3) is 0.263. The van der Waals surface area contributed by atoms with Crippen LogP contribution in [0.1, 0.15) is 15.9 Å². The number of nitrogens with one attached hydrogen (secondary N) is 2. The summed E-state index contributed by atoms with van der Waals surface area (Å²) in [5.41, 5.74) is 1.07. The minimum Gasteiger partial charge on any atom is -0.497 e. The van der Waals surface area contributed by atoms with Crippen molar-refractivity contribution in [3.63, 3.8) is 0 Å². The van der Waals surface area contributed by atoms with Crippen LogP contribution in [0.15, 0.2) is 53.4 Å². The second-order valence-electron chi connectivity index (χ2n) is 5.76. The molecule has 0 unspecified atom stereocenters. The van der Waals surface area contributed by atoms with E-state index in [4.69, 9.17) is 9.47 Å². The molecule has 1 amide bonds. The molecule has 0 aromatic heterocycles. The summed E-state index contributed by atoms with van der Waals surface area (Å²) >= 11 is 0. The molecule has 0 spiro atoms. The molecule has 0 bridgehead atoms. The predicted molar refractivity (Wildman–Crippen MR) is 103 cm³/mol. The number of carbonyl (C=O) groups excluding carboxylic acids is 2. The molecule has 150 valence electrons. The third kappa shape index (κ3) is 6.07. The number of carbonyl (C=O) groups is 2. The highest BCUT2D eigenvalue weighted by molar-refractivity contribution is 7.89. The first kappa shape index (κ1) is 21.4. The van der Waals surface area contributed by atoms with Crippen LogP contribution >= 0.6 is 0 Å². The van der Waals surface area contributed by atoms with Crippen LogP contribution in [-0.4, -0.2) is 47.6 Å². The highest BCUT2D eigenvalue weighted by Gasteiger charge is 2.15. The number of ether oxygens (including phenoxy) is 2. The average molecular weight is 406 g/mol. The summed E-state index contributed by atoms with van der Waals surface area (Å²) in [5, 5.41) is 2.66. The summed E-state index contributed by atoms with van der Waals surface area (Å²) in [5.74, 6) is -0.467. The number of rotatable bonds is 9. The van der Waals surface area contributed by atoms with Gasteiger partial charge in [-0.25, -0.2) is 17.9 Å². The highest BCUT2D eigenvalue weighted by atomic mass is 32.2. The number of sulfonamides is 1. The van der Waals surface area contributed by atoms with E-state index in [1.807, 2.05) is 24.3 Å². The van der Waals surface area contributed by atoms with Crippen molar-refractivity contribution in [1.82, 2.24) is 10.0 Å². The lowest BCUT2D eigenvalue weighted by atomic mass is 10.1. The molecule has 2 rings (SSSR count). The van der Waals surface area contributed by atoms with Crippen molar-refractivity contribution >= 4 is 21.9 Å². The van der Waals surface area contributed by atoms with Crippen LogP contribution in [0.3, 0.4) is 0 Å². The highest BCUT2D eigenvalue weighted by Crippen LogP contribution is 2.12. The molecule has 0 aliphatic rings. The largest absolute Gasteiger partial charge is 0.497 e. The van der Waals surface area contributed by atoms with Crippen molar-refractivity contribution in [2.75, 3.05) is 27.3 Å². The second-order valence-corrected chi connectivity index (χ2v) is 7.65. The van der Waals surface area contributed by atoms with Gasteiger partial charge in [-0.05, 0) is 49.4 Å². The van der Waals surface area contributed by atoms with E-state index in [9.17, 15) is 18.0 Å². The summed E-state index contributed by atoms with van der Waals surface area (Å²) in [6, 6.07) is 12.9. The molecule has 0 fully saturated rings. The zero-order valence-corrected chi connectivity index (χ0v) is 16.4. The van der Waals surface area contributed by atoms with Crippen molar-refractivity contribution in [1.29, 1.82) is 0 Å². The number of amides is 1. The molecule has 2 aromatic carbocycles. The summed E-state index contributed by atoms with van der Waals surface area (Å²) < 4.78 is 35.7. The van der Waals surface area contributed by atoms with E-state index in [0.717, 1.165) is 11.3 Å². The van der Waals surface area contributed by atoms with E-state index in [-0.39, 0.29) is 10.5 Å². The molecule has 0 radical (unpaired) electrons. The molecular formula is C19H22N2O6S. The Morgan fingerprint density at radius 2 is 1.79 bits per heavy atom. The molecule has 28 heavy (non-hydrogen) atoms. The van der Waals surface area contributed by atoms with Crippen LogP contribution in [0.25, 0.3) is 0 Å². The SMILES string of the molecule is CNS(=O)(=O)c1cccc(C(=O)OCC(=O)NCCc2ccc(OC)cc2)c1. The van der Waals surface area contributed by atoms with Gasteiger partial charge in [-0.2, -0.15) is 0 Å². The molecular weight excluding hydrogens is 384 g/mol. The molecule has 0 saturated carbocycles. The maximum Gasteiger partial charge on any atom is 0.338 e. The molecule has 0 saturated heterocycles. The van der Waals surface area contributed by atoms with E-state index in [1.165, 1.54) is 31.3 Å². The molecule has 0 heterocycles. The molecule has 0 aliphatic carbocycles. The summed E-state index contributed by atoms with van der Waals surface area (Å²) in [6.07, 6.45) is 0.619. The smallest absolute Gasteiger partial charge is 0.338 e. The Kier molecular flexibility index (Phi) is 7.53. The Bertz CT molecular complexity index is 926. The van der Waals surface area contributed by atoms with Crippen LogP contribution in [0, 0.1) is 0 Å². The lowest BCUT2D eigenvalue weighted by molar-refractivity contribution is -0.124. The minimum absolute atomic E-state index is 0.0438. The Balaban J connectivity index is 1.80. The van der Waals surface area contributed by atoms with Gasteiger partial charge in [0.05, 0.1) is 17.6 Å². The predicted octanol–water partition coefficient (Wildman–Crippen LogP) is 1.12. The minimum atomic E-state index is -3.67. The van der Waals surface area contributed by atoms with E-state index < -0.39 is 28.5 Å². The first-order chi connectivity index (χ1) is 13.4. The topological polar surface area (TPSA) is 111 Å². The number of esters is 1. The van der Waals surface area contributed by atoms with Crippen LogP contribution in [-0.2, 0) is 26.0 Å². The molecule has 8 nitrogen and oxygen atoms in total. The Hall–Kier alpha value is -2.91. The van der Waals surface area contributed by atoms with E-state index >= 15 is 0 Å². The van der Waals surface area contributed by atoms with Crippen LogP contribution in [0.5, 0.6) is 5.75 Å². The van der Waals surface area contributed by atoms with E-state index in [1.54, 1.807) is 7.11 Å².